The van der Waals surface area contributed by atoms with E-state index in [4.69, 9.17) is 10.8 Å². The lowest BCUT2D eigenvalue weighted by molar-refractivity contribution is -0.137. The Morgan fingerprint density at radius 1 is 1.10 bits per heavy atom. The van der Waals surface area contributed by atoms with Crippen LogP contribution in [0.3, 0.4) is 0 Å². The van der Waals surface area contributed by atoms with Crippen molar-refractivity contribution in [3.63, 3.8) is 0 Å². The lowest BCUT2D eigenvalue weighted by Gasteiger charge is -2.10. The van der Waals surface area contributed by atoms with E-state index in [0.29, 0.717) is 0 Å². The monoisotopic (exact) mass is 277 g/mol. The van der Waals surface area contributed by atoms with Gasteiger partial charge >= 0.3 is 5.97 Å². The van der Waals surface area contributed by atoms with Crippen LogP contribution in [0, 0.1) is 0 Å². The van der Waals surface area contributed by atoms with Crippen molar-refractivity contribution in [2.45, 2.75) is 64.3 Å². The fraction of sp³-hybridized carbons (Fsp3) is 0.588. The number of hydrogen-bond donors (Lipinski definition) is 2. The van der Waals surface area contributed by atoms with Gasteiger partial charge in [0, 0.05) is 6.04 Å². The molecule has 1 atom stereocenters. The maximum atomic E-state index is 10.6. The predicted octanol–water partition coefficient (Wildman–Crippen LogP) is 4.06. The number of benzene rings is 1. The van der Waals surface area contributed by atoms with Crippen molar-refractivity contribution < 1.29 is 9.90 Å². The Hall–Kier alpha value is -1.35. The zero-order valence-corrected chi connectivity index (χ0v) is 12.5. The van der Waals surface area contributed by atoms with Crippen molar-refractivity contribution in [1.29, 1.82) is 0 Å². The highest BCUT2D eigenvalue weighted by Crippen LogP contribution is 2.16. The molecular weight excluding hydrogens is 250 g/mol. The molecule has 112 valence electrons. The zero-order valence-electron chi connectivity index (χ0n) is 12.5. The molecule has 0 amide bonds. The molecule has 1 rings (SSSR count). The molecule has 0 radical (unpaired) electrons. The molecule has 0 bridgehead atoms. The zero-order chi connectivity index (χ0) is 14.8. The van der Waals surface area contributed by atoms with Crippen LogP contribution < -0.4 is 5.73 Å². The van der Waals surface area contributed by atoms with Gasteiger partial charge in [0.05, 0.1) is 6.42 Å². The standard InChI is InChI=1S/C17H27NO2/c1-2-3-4-5-6-7-8-14-9-11-15(12-10-14)16(18)13-17(19)20/h9-12,16H,2-8,13,18H2,1H3,(H,19,20). The average Bonchev–Trinajstić information content (AvgIpc) is 2.42. The van der Waals surface area contributed by atoms with Gasteiger partial charge in [0.2, 0.25) is 0 Å². The summed E-state index contributed by atoms with van der Waals surface area (Å²) in [7, 11) is 0. The molecule has 0 fully saturated rings. The highest BCUT2D eigenvalue weighted by molar-refractivity contribution is 5.67. The summed E-state index contributed by atoms with van der Waals surface area (Å²) >= 11 is 0. The fourth-order valence-electron chi connectivity index (χ4n) is 2.35. The summed E-state index contributed by atoms with van der Waals surface area (Å²) in [5.74, 6) is -0.853. The topological polar surface area (TPSA) is 63.3 Å². The van der Waals surface area contributed by atoms with Crippen LogP contribution in [-0.4, -0.2) is 11.1 Å². The van der Waals surface area contributed by atoms with Gasteiger partial charge in [0.25, 0.3) is 0 Å². The van der Waals surface area contributed by atoms with E-state index in [1.54, 1.807) is 0 Å². The third kappa shape index (κ3) is 6.71. The van der Waals surface area contributed by atoms with E-state index < -0.39 is 12.0 Å². The average molecular weight is 277 g/mol. The molecule has 0 saturated heterocycles. The van der Waals surface area contributed by atoms with Gasteiger partial charge in [-0.2, -0.15) is 0 Å². The van der Waals surface area contributed by atoms with E-state index in [1.807, 2.05) is 12.1 Å². The van der Waals surface area contributed by atoms with Gasteiger partial charge in [-0.1, -0.05) is 63.3 Å². The molecule has 0 aliphatic carbocycles. The smallest absolute Gasteiger partial charge is 0.305 e. The molecule has 0 aromatic heterocycles. The Bertz CT molecular complexity index is 386. The van der Waals surface area contributed by atoms with Crippen molar-refractivity contribution in [2.75, 3.05) is 0 Å². The van der Waals surface area contributed by atoms with Crippen LogP contribution in [0.15, 0.2) is 24.3 Å². The van der Waals surface area contributed by atoms with Crippen LogP contribution in [-0.2, 0) is 11.2 Å². The Morgan fingerprint density at radius 2 is 1.70 bits per heavy atom. The minimum absolute atomic E-state index is 0.0171. The summed E-state index contributed by atoms with van der Waals surface area (Å²) in [6.45, 7) is 2.23. The number of nitrogens with two attached hydrogens (primary N) is 1. The number of hydrogen-bond acceptors (Lipinski definition) is 2. The lowest BCUT2D eigenvalue weighted by Crippen LogP contribution is -2.14. The van der Waals surface area contributed by atoms with E-state index in [-0.39, 0.29) is 6.42 Å². The number of aliphatic carboxylic acids is 1. The summed E-state index contributed by atoms with van der Waals surface area (Å²) in [5, 5.41) is 8.72. The van der Waals surface area contributed by atoms with Crippen LogP contribution in [0.2, 0.25) is 0 Å². The molecule has 3 nitrogen and oxygen atoms in total. The molecule has 20 heavy (non-hydrogen) atoms. The first kappa shape index (κ1) is 16.7. The summed E-state index contributed by atoms with van der Waals surface area (Å²) in [5.41, 5.74) is 8.05. The molecule has 0 heterocycles. The fourth-order valence-corrected chi connectivity index (χ4v) is 2.35. The van der Waals surface area contributed by atoms with Crippen molar-refractivity contribution in [3.05, 3.63) is 35.4 Å². The molecule has 0 saturated carbocycles. The number of unbranched alkanes of at least 4 members (excludes halogenated alkanes) is 5. The molecular formula is C17H27NO2. The number of carboxylic acids is 1. The van der Waals surface area contributed by atoms with Gasteiger partial charge in [-0.25, -0.2) is 0 Å². The second-order valence-corrected chi connectivity index (χ2v) is 5.46. The lowest BCUT2D eigenvalue weighted by atomic mass is 10.00. The van der Waals surface area contributed by atoms with Crippen molar-refractivity contribution >= 4 is 5.97 Å². The van der Waals surface area contributed by atoms with Gasteiger partial charge in [-0.15, -0.1) is 0 Å². The number of carboxylic acid groups (broad SMARTS) is 1. The predicted molar refractivity (Wildman–Crippen MR) is 82.7 cm³/mol. The molecule has 0 aliphatic heterocycles. The molecule has 0 aliphatic rings. The van der Waals surface area contributed by atoms with Crippen LogP contribution in [0.5, 0.6) is 0 Å². The number of aryl methyl sites for hydroxylation is 1. The van der Waals surface area contributed by atoms with E-state index in [9.17, 15) is 4.79 Å². The maximum absolute atomic E-state index is 10.6. The molecule has 3 N–H and O–H groups in total. The van der Waals surface area contributed by atoms with Crippen molar-refractivity contribution in [3.8, 4) is 0 Å². The Labute approximate surface area is 122 Å². The summed E-state index contributed by atoms with van der Waals surface area (Å²) in [4.78, 5) is 10.6. The minimum Gasteiger partial charge on any atom is -0.481 e. The normalized spacial score (nSPS) is 12.3. The van der Waals surface area contributed by atoms with Crippen LogP contribution >= 0.6 is 0 Å². The first-order chi connectivity index (χ1) is 9.63. The van der Waals surface area contributed by atoms with E-state index in [1.165, 1.54) is 44.1 Å². The van der Waals surface area contributed by atoms with Crippen molar-refractivity contribution in [1.82, 2.24) is 0 Å². The maximum Gasteiger partial charge on any atom is 0.305 e. The third-order valence-electron chi connectivity index (χ3n) is 3.62. The minimum atomic E-state index is -0.853. The first-order valence-electron chi connectivity index (χ1n) is 7.69. The molecule has 0 spiro atoms. The van der Waals surface area contributed by atoms with E-state index >= 15 is 0 Å². The Balaban J connectivity index is 2.29. The van der Waals surface area contributed by atoms with Gasteiger partial charge < -0.3 is 10.8 Å². The highest BCUT2D eigenvalue weighted by Gasteiger charge is 2.10. The van der Waals surface area contributed by atoms with Gasteiger partial charge in [0.15, 0.2) is 0 Å². The Kier molecular flexibility index (Phi) is 7.97. The molecule has 1 aromatic carbocycles. The molecule has 3 heteroatoms. The summed E-state index contributed by atoms with van der Waals surface area (Å²) < 4.78 is 0. The first-order valence-corrected chi connectivity index (χ1v) is 7.69. The summed E-state index contributed by atoms with van der Waals surface area (Å²) in [6, 6.07) is 7.65. The second-order valence-electron chi connectivity index (χ2n) is 5.46. The van der Waals surface area contributed by atoms with Gasteiger partial charge in [-0.05, 0) is 24.0 Å². The van der Waals surface area contributed by atoms with Crippen LogP contribution in [0.4, 0.5) is 0 Å². The number of carbonyl (C=O) groups is 1. The second kappa shape index (κ2) is 9.54. The Morgan fingerprint density at radius 3 is 2.30 bits per heavy atom. The van der Waals surface area contributed by atoms with Gasteiger partial charge in [-0.3, -0.25) is 4.79 Å². The molecule has 1 aromatic rings. The van der Waals surface area contributed by atoms with E-state index in [0.717, 1.165) is 12.0 Å². The quantitative estimate of drug-likeness (QED) is 0.634. The molecule has 1 unspecified atom stereocenters. The van der Waals surface area contributed by atoms with E-state index in [2.05, 4.69) is 19.1 Å². The van der Waals surface area contributed by atoms with Crippen LogP contribution in [0.25, 0.3) is 0 Å². The largest absolute Gasteiger partial charge is 0.481 e. The number of rotatable bonds is 10. The third-order valence-corrected chi connectivity index (χ3v) is 3.62. The van der Waals surface area contributed by atoms with Crippen molar-refractivity contribution in [2.24, 2.45) is 5.73 Å². The van der Waals surface area contributed by atoms with Crippen LogP contribution in [0.1, 0.15) is 69.0 Å². The highest BCUT2D eigenvalue weighted by atomic mass is 16.4. The summed E-state index contributed by atoms with van der Waals surface area (Å²) in [6.07, 6.45) is 8.91. The SMILES string of the molecule is CCCCCCCCc1ccc(C(N)CC(=O)O)cc1. The van der Waals surface area contributed by atoms with Gasteiger partial charge in [0.1, 0.15) is 0 Å².